The van der Waals surface area contributed by atoms with Gasteiger partial charge in [-0.15, -0.1) is 0 Å². The van der Waals surface area contributed by atoms with E-state index in [1.54, 1.807) is 13.0 Å². The Hall–Kier alpha value is -1.99. The van der Waals surface area contributed by atoms with Crippen LogP contribution in [-0.2, 0) is 4.79 Å². The fourth-order valence-corrected chi connectivity index (χ4v) is 2.66. The van der Waals surface area contributed by atoms with Gasteiger partial charge in [0.05, 0.1) is 5.69 Å². The minimum absolute atomic E-state index is 0.0328. The third-order valence-corrected chi connectivity index (χ3v) is 3.99. The first-order valence-electron chi connectivity index (χ1n) is 5.91. The lowest BCUT2D eigenvalue weighted by Crippen LogP contribution is -2.10. The second kappa shape index (κ2) is 6.64. The molecule has 0 aliphatic rings. The molecule has 2 rings (SSSR count). The van der Waals surface area contributed by atoms with Crippen molar-refractivity contribution in [2.75, 3.05) is 5.32 Å². The first-order chi connectivity index (χ1) is 9.97. The molecule has 0 spiro atoms. The number of carbonyl (C=O) groups excluding carboxylic acids is 1. The van der Waals surface area contributed by atoms with Crippen molar-refractivity contribution in [3.63, 3.8) is 0 Å². The molecule has 0 bridgehead atoms. The number of nitrogens with zero attached hydrogens (tertiary/aromatic N) is 1. The molecule has 0 fully saturated rings. The zero-order valence-electron chi connectivity index (χ0n) is 11.0. The fraction of sp³-hybridized carbons (Fsp3) is 0.0714. The Morgan fingerprint density at radius 3 is 2.62 bits per heavy atom. The molecule has 2 N–H and O–H groups in total. The van der Waals surface area contributed by atoms with E-state index in [2.05, 4.69) is 25.6 Å². The molecular weight excluding hydrogens is 356 g/mol. The molecule has 2 aromatic rings. The third-order valence-electron chi connectivity index (χ3n) is 2.61. The molecule has 7 heteroatoms. The Kier molecular flexibility index (Phi) is 4.87. The van der Waals surface area contributed by atoms with E-state index in [1.807, 2.05) is 24.3 Å². The second-order valence-corrected chi connectivity index (χ2v) is 5.84. The summed E-state index contributed by atoms with van der Waals surface area (Å²) in [6.45, 7) is 1.59. The maximum atomic E-state index is 11.8. The molecule has 1 aromatic heterocycles. The summed E-state index contributed by atoms with van der Waals surface area (Å²) in [6, 6.07) is 7.44. The standard InChI is InChI=1S/C14H11BrN2O3S/c1-8-12(14(19)20)13(21-17-8)16-11(18)7-4-9-2-5-10(15)6-3-9/h2-7H,1H3,(H,16,18)(H,19,20)/b7-4+. The van der Waals surface area contributed by atoms with E-state index in [4.69, 9.17) is 5.11 Å². The normalized spacial score (nSPS) is 10.8. The van der Waals surface area contributed by atoms with Gasteiger partial charge in [0.2, 0.25) is 5.91 Å². The number of hydrogen-bond acceptors (Lipinski definition) is 4. The number of benzene rings is 1. The molecule has 0 radical (unpaired) electrons. The minimum atomic E-state index is -1.10. The lowest BCUT2D eigenvalue weighted by atomic mass is 10.2. The SMILES string of the molecule is Cc1nsc(NC(=O)/C=C/c2ccc(Br)cc2)c1C(=O)O. The van der Waals surface area contributed by atoms with Gasteiger partial charge in [0.1, 0.15) is 10.6 Å². The van der Waals surface area contributed by atoms with Gasteiger partial charge >= 0.3 is 5.97 Å². The monoisotopic (exact) mass is 366 g/mol. The quantitative estimate of drug-likeness (QED) is 0.810. The number of nitrogens with one attached hydrogen (secondary N) is 1. The number of hydrogen-bond donors (Lipinski definition) is 2. The topological polar surface area (TPSA) is 79.3 Å². The summed E-state index contributed by atoms with van der Waals surface area (Å²) in [4.78, 5) is 22.9. The number of aromatic carboxylic acids is 1. The molecular formula is C14H11BrN2O3S. The van der Waals surface area contributed by atoms with Crippen molar-refractivity contribution in [1.82, 2.24) is 4.37 Å². The number of anilines is 1. The summed E-state index contributed by atoms with van der Waals surface area (Å²) in [5, 5.41) is 11.9. The highest BCUT2D eigenvalue weighted by Gasteiger charge is 2.18. The van der Waals surface area contributed by atoms with Crippen LogP contribution in [0.2, 0.25) is 0 Å². The van der Waals surface area contributed by atoms with E-state index in [-0.39, 0.29) is 10.6 Å². The number of aryl methyl sites for hydroxylation is 1. The Labute approximate surface area is 133 Å². The molecule has 0 atom stereocenters. The van der Waals surface area contributed by atoms with Crippen LogP contribution in [0.15, 0.2) is 34.8 Å². The number of carboxylic acid groups (broad SMARTS) is 1. The van der Waals surface area contributed by atoms with Crippen LogP contribution in [0.25, 0.3) is 6.08 Å². The molecule has 108 valence electrons. The average Bonchev–Trinajstić information content (AvgIpc) is 2.79. The van der Waals surface area contributed by atoms with E-state index in [9.17, 15) is 9.59 Å². The Bertz CT molecular complexity index is 708. The third kappa shape index (κ3) is 3.99. The van der Waals surface area contributed by atoms with Gasteiger partial charge in [-0.2, -0.15) is 4.37 Å². The second-order valence-electron chi connectivity index (χ2n) is 4.15. The molecule has 0 unspecified atom stereocenters. The minimum Gasteiger partial charge on any atom is -0.478 e. The maximum absolute atomic E-state index is 11.8. The van der Waals surface area contributed by atoms with Crippen molar-refractivity contribution < 1.29 is 14.7 Å². The molecule has 0 saturated heterocycles. The van der Waals surface area contributed by atoms with E-state index in [0.29, 0.717) is 5.69 Å². The summed E-state index contributed by atoms with van der Waals surface area (Å²) in [5.74, 6) is -1.50. The van der Waals surface area contributed by atoms with Crippen molar-refractivity contribution in [2.24, 2.45) is 0 Å². The molecule has 1 aromatic carbocycles. The van der Waals surface area contributed by atoms with E-state index >= 15 is 0 Å². The number of amides is 1. The van der Waals surface area contributed by atoms with E-state index < -0.39 is 11.9 Å². The Balaban J connectivity index is 2.08. The first-order valence-corrected chi connectivity index (χ1v) is 7.48. The van der Waals surface area contributed by atoms with Gasteiger partial charge in [0.15, 0.2) is 0 Å². The average molecular weight is 367 g/mol. The van der Waals surface area contributed by atoms with Crippen LogP contribution >= 0.6 is 27.5 Å². The summed E-state index contributed by atoms with van der Waals surface area (Å²) in [5.41, 5.74) is 1.29. The van der Waals surface area contributed by atoms with Gasteiger partial charge < -0.3 is 10.4 Å². The molecule has 1 amide bonds. The number of carbonyl (C=O) groups is 2. The van der Waals surface area contributed by atoms with Gasteiger partial charge in [0.25, 0.3) is 0 Å². The predicted octanol–water partition coefficient (Wildman–Crippen LogP) is 3.56. The molecule has 5 nitrogen and oxygen atoms in total. The van der Waals surface area contributed by atoms with Crippen LogP contribution < -0.4 is 5.32 Å². The van der Waals surface area contributed by atoms with Crippen molar-refractivity contribution in [3.05, 3.63) is 51.6 Å². The molecule has 0 aliphatic heterocycles. The highest BCUT2D eigenvalue weighted by molar-refractivity contribution is 9.10. The predicted molar refractivity (Wildman–Crippen MR) is 85.6 cm³/mol. The van der Waals surface area contributed by atoms with Crippen molar-refractivity contribution in [3.8, 4) is 0 Å². The van der Waals surface area contributed by atoms with Crippen LogP contribution in [0.1, 0.15) is 21.6 Å². The first kappa shape index (κ1) is 15.4. The zero-order valence-corrected chi connectivity index (χ0v) is 13.4. The summed E-state index contributed by atoms with van der Waals surface area (Å²) < 4.78 is 4.89. The van der Waals surface area contributed by atoms with Crippen molar-refractivity contribution in [2.45, 2.75) is 6.92 Å². The van der Waals surface area contributed by atoms with E-state index in [0.717, 1.165) is 21.6 Å². The van der Waals surface area contributed by atoms with Crippen molar-refractivity contribution in [1.29, 1.82) is 0 Å². The summed E-state index contributed by atoms with van der Waals surface area (Å²) >= 11 is 4.28. The smallest absolute Gasteiger partial charge is 0.340 e. The number of halogens is 1. The van der Waals surface area contributed by atoms with Gasteiger partial charge in [-0.1, -0.05) is 28.1 Å². The van der Waals surface area contributed by atoms with Gasteiger partial charge in [-0.3, -0.25) is 4.79 Å². The van der Waals surface area contributed by atoms with Crippen molar-refractivity contribution >= 4 is 50.4 Å². The highest BCUT2D eigenvalue weighted by Crippen LogP contribution is 2.24. The van der Waals surface area contributed by atoms with Gasteiger partial charge in [-0.05, 0) is 42.2 Å². The number of rotatable bonds is 4. The Morgan fingerprint density at radius 2 is 2.00 bits per heavy atom. The lowest BCUT2D eigenvalue weighted by Gasteiger charge is -2.00. The number of carboxylic acids is 1. The van der Waals surface area contributed by atoms with Crippen LogP contribution in [-0.4, -0.2) is 21.4 Å². The molecule has 0 aliphatic carbocycles. The highest BCUT2D eigenvalue weighted by atomic mass is 79.9. The molecule has 1 heterocycles. The lowest BCUT2D eigenvalue weighted by molar-refractivity contribution is -0.111. The summed E-state index contributed by atoms with van der Waals surface area (Å²) in [6.07, 6.45) is 3.00. The number of aromatic nitrogens is 1. The largest absolute Gasteiger partial charge is 0.478 e. The summed E-state index contributed by atoms with van der Waals surface area (Å²) in [7, 11) is 0. The Morgan fingerprint density at radius 1 is 1.33 bits per heavy atom. The molecule has 21 heavy (non-hydrogen) atoms. The van der Waals surface area contributed by atoms with Crippen LogP contribution in [0.5, 0.6) is 0 Å². The molecule has 0 saturated carbocycles. The van der Waals surface area contributed by atoms with Crippen LogP contribution in [0, 0.1) is 6.92 Å². The fourth-order valence-electron chi connectivity index (χ4n) is 1.61. The van der Waals surface area contributed by atoms with E-state index in [1.165, 1.54) is 6.08 Å². The van der Waals surface area contributed by atoms with Gasteiger partial charge in [0, 0.05) is 10.5 Å². The van der Waals surface area contributed by atoms with Crippen LogP contribution in [0.3, 0.4) is 0 Å². The zero-order chi connectivity index (χ0) is 15.4. The van der Waals surface area contributed by atoms with Gasteiger partial charge in [-0.25, -0.2) is 4.79 Å². The maximum Gasteiger partial charge on any atom is 0.340 e. The van der Waals surface area contributed by atoms with Crippen LogP contribution in [0.4, 0.5) is 5.00 Å².